The lowest BCUT2D eigenvalue weighted by atomic mass is 10.2. The molecule has 0 bridgehead atoms. The highest BCUT2D eigenvalue weighted by atomic mass is 79.9. The van der Waals surface area contributed by atoms with Gasteiger partial charge in [-0.25, -0.2) is 4.72 Å². The Morgan fingerprint density at radius 3 is 2.38 bits per heavy atom. The topological polar surface area (TPSA) is 49.4 Å². The van der Waals surface area contributed by atoms with E-state index in [4.69, 9.17) is 0 Å². The first-order valence-corrected chi connectivity index (χ1v) is 7.15. The van der Waals surface area contributed by atoms with Crippen molar-refractivity contribution in [1.29, 1.82) is 0 Å². The van der Waals surface area contributed by atoms with Gasteiger partial charge in [-0.3, -0.25) is 0 Å². The van der Waals surface area contributed by atoms with Crippen molar-refractivity contribution in [3.05, 3.63) is 35.9 Å². The Morgan fingerprint density at radius 2 is 1.88 bits per heavy atom. The molecule has 1 rings (SSSR count). The Labute approximate surface area is 105 Å². The molecular weight excluding hydrogens is 292 g/mol. The van der Waals surface area contributed by atoms with Crippen molar-refractivity contribution in [2.75, 3.05) is 20.6 Å². The van der Waals surface area contributed by atoms with E-state index in [1.807, 2.05) is 30.3 Å². The largest absolute Gasteiger partial charge is 0.278 e. The highest BCUT2D eigenvalue weighted by Gasteiger charge is 2.15. The third kappa shape index (κ3) is 3.86. The van der Waals surface area contributed by atoms with E-state index >= 15 is 0 Å². The number of hydrogen-bond donors (Lipinski definition) is 1. The first kappa shape index (κ1) is 13.6. The monoisotopic (exact) mass is 306 g/mol. The fraction of sp³-hybridized carbons (Fsp3) is 0.400. The van der Waals surface area contributed by atoms with E-state index in [1.165, 1.54) is 14.1 Å². The standard InChI is InChI=1S/C10H15BrN2O2S/c1-13(2)16(14,15)12-8-10(11)9-6-4-3-5-7-9/h3-7,10,12H,8H2,1-2H3. The van der Waals surface area contributed by atoms with Crippen LogP contribution >= 0.6 is 15.9 Å². The highest BCUT2D eigenvalue weighted by Crippen LogP contribution is 2.21. The molecule has 0 aliphatic rings. The van der Waals surface area contributed by atoms with Gasteiger partial charge in [-0.2, -0.15) is 12.7 Å². The van der Waals surface area contributed by atoms with Crippen LogP contribution in [-0.2, 0) is 10.2 Å². The normalized spacial score (nSPS) is 14.0. The van der Waals surface area contributed by atoms with Gasteiger partial charge >= 0.3 is 0 Å². The lowest BCUT2D eigenvalue weighted by Crippen LogP contribution is -2.37. The maximum absolute atomic E-state index is 11.5. The molecule has 0 aliphatic heterocycles. The molecule has 0 fully saturated rings. The molecular formula is C10H15BrN2O2S. The van der Waals surface area contributed by atoms with E-state index in [0.717, 1.165) is 9.87 Å². The Kier molecular flexibility index (Phi) is 4.91. The first-order chi connectivity index (χ1) is 7.43. The third-order valence-corrected chi connectivity index (χ3v) is 4.43. The van der Waals surface area contributed by atoms with Crippen LogP contribution in [0.4, 0.5) is 0 Å². The molecule has 6 heteroatoms. The third-order valence-electron chi connectivity index (χ3n) is 2.09. The van der Waals surface area contributed by atoms with Crippen molar-refractivity contribution in [1.82, 2.24) is 9.03 Å². The van der Waals surface area contributed by atoms with Crippen LogP contribution in [0.1, 0.15) is 10.4 Å². The summed E-state index contributed by atoms with van der Waals surface area (Å²) in [5, 5.41) is 0. The summed E-state index contributed by atoms with van der Waals surface area (Å²) in [7, 11) is -0.360. The van der Waals surface area contributed by atoms with Gasteiger partial charge in [-0.1, -0.05) is 46.3 Å². The second kappa shape index (κ2) is 5.77. The van der Waals surface area contributed by atoms with Gasteiger partial charge in [-0.15, -0.1) is 0 Å². The number of hydrogen-bond acceptors (Lipinski definition) is 2. The molecule has 4 nitrogen and oxygen atoms in total. The lowest BCUT2D eigenvalue weighted by Gasteiger charge is -2.15. The van der Waals surface area contributed by atoms with Gasteiger partial charge in [-0.05, 0) is 5.56 Å². The average Bonchev–Trinajstić information content (AvgIpc) is 2.27. The van der Waals surface area contributed by atoms with Crippen molar-refractivity contribution in [2.45, 2.75) is 4.83 Å². The minimum absolute atomic E-state index is 0.0246. The highest BCUT2D eigenvalue weighted by molar-refractivity contribution is 9.09. The van der Waals surface area contributed by atoms with Crippen LogP contribution in [0.2, 0.25) is 0 Å². The number of alkyl halides is 1. The molecule has 0 spiro atoms. The summed E-state index contributed by atoms with van der Waals surface area (Å²) in [4.78, 5) is -0.0246. The molecule has 0 aromatic heterocycles. The molecule has 1 N–H and O–H groups in total. The average molecular weight is 307 g/mol. The van der Waals surface area contributed by atoms with Gasteiger partial charge in [0.2, 0.25) is 0 Å². The smallest absolute Gasteiger partial charge is 0.201 e. The van der Waals surface area contributed by atoms with E-state index in [-0.39, 0.29) is 4.83 Å². The molecule has 0 saturated carbocycles. The van der Waals surface area contributed by atoms with Gasteiger partial charge in [0.25, 0.3) is 10.2 Å². The maximum Gasteiger partial charge on any atom is 0.278 e. The fourth-order valence-electron chi connectivity index (χ4n) is 1.09. The van der Waals surface area contributed by atoms with Gasteiger partial charge in [0.1, 0.15) is 0 Å². The van der Waals surface area contributed by atoms with Crippen molar-refractivity contribution in [3.8, 4) is 0 Å². The number of nitrogens with one attached hydrogen (secondary N) is 1. The Morgan fingerprint density at radius 1 is 1.31 bits per heavy atom. The number of benzene rings is 1. The summed E-state index contributed by atoms with van der Waals surface area (Å²) in [6.07, 6.45) is 0. The van der Waals surface area contributed by atoms with Gasteiger partial charge in [0, 0.05) is 20.6 Å². The zero-order valence-corrected chi connectivity index (χ0v) is 11.6. The second-order valence-electron chi connectivity index (χ2n) is 3.51. The first-order valence-electron chi connectivity index (χ1n) is 4.79. The van der Waals surface area contributed by atoms with Gasteiger partial charge in [0.15, 0.2) is 0 Å². The molecule has 1 aromatic carbocycles. The van der Waals surface area contributed by atoms with Crippen LogP contribution in [0, 0.1) is 0 Å². The lowest BCUT2D eigenvalue weighted by molar-refractivity contribution is 0.505. The second-order valence-corrected chi connectivity index (χ2v) is 6.59. The molecule has 0 amide bonds. The Hall–Kier alpha value is -0.430. The molecule has 16 heavy (non-hydrogen) atoms. The summed E-state index contributed by atoms with van der Waals surface area (Å²) >= 11 is 3.44. The van der Waals surface area contributed by atoms with Crippen molar-refractivity contribution in [2.24, 2.45) is 0 Å². The van der Waals surface area contributed by atoms with Crippen LogP contribution in [0.15, 0.2) is 30.3 Å². The van der Waals surface area contributed by atoms with E-state index < -0.39 is 10.2 Å². The summed E-state index contributed by atoms with van der Waals surface area (Å²) < 4.78 is 26.6. The predicted octanol–water partition coefficient (Wildman–Crippen LogP) is 1.52. The molecule has 1 atom stereocenters. The van der Waals surface area contributed by atoms with Gasteiger partial charge < -0.3 is 0 Å². The van der Waals surface area contributed by atoms with E-state index in [0.29, 0.717) is 6.54 Å². The summed E-state index contributed by atoms with van der Waals surface area (Å²) in [6.45, 7) is 0.324. The zero-order chi connectivity index (χ0) is 12.2. The molecule has 0 aliphatic carbocycles. The van der Waals surface area contributed by atoms with Crippen molar-refractivity contribution < 1.29 is 8.42 Å². The molecule has 0 heterocycles. The van der Waals surface area contributed by atoms with Crippen LogP contribution in [0.5, 0.6) is 0 Å². The molecule has 90 valence electrons. The molecule has 1 aromatic rings. The number of nitrogens with zero attached hydrogens (tertiary/aromatic N) is 1. The number of rotatable bonds is 5. The van der Waals surface area contributed by atoms with E-state index in [9.17, 15) is 8.42 Å². The van der Waals surface area contributed by atoms with Crippen LogP contribution in [-0.4, -0.2) is 33.4 Å². The molecule has 0 radical (unpaired) electrons. The molecule has 0 saturated heterocycles. The summed E-state index contributed by atoms with van der Waals surface area (Å²) in [6, 6.07) is 9.66. The summed E-state index contributed by atoms with van der Waals surface area (Å²) in [5.41, 5.74) is 1.05. The van der Waals surface area contributed by atoms with Crippen molar-refractivity contribution in [3.63, 3.8) is 0 Å². The quantitative estimate of drug-likeness (QED) is 0.839. The Balaban J connectivity index is 2.58. The van der Waals surface area contributed by atoms with Crippen molar-refractivity contribution >= 4 is 26.1 Å². The number of halogens is 1. The van der Waals surface area contributed by atoms with Crippen LogP contribution in [0.25, 0.3) is 0 Å². The SMILES string of the molecule is CN(C)S(=O)(=O)NCC(Br)c1ccccc1. The van der Waals surface area contributed by atoms with Gasteiger partial charge in [0.05, 0.1) is 4.83 Å². The van der Waals surface area contributed by atoms with Crippen LogP contribution in [0.3, 0.4) is 0 Å². The van der Waals surface area contributed by atoms with E-state index in [2.05, 4.69) is 20.7 Å². The maximum atomic E-state index is 11.5. The fourth-order valence-corrected chi connectivity index (χ4v) is 2.40. The summed E-state index contributed by atoms with van der Waals surface area (Å²) in [5.74, 6) is 0. The molecule has 1 unspecified atom stereocenters. The Bertz CT molecular complexity index is 420. The minimum atomic E-state index is -3.35. The van der Waals surface area contributed by atoms with E-state index in [1.54, 1.807) is 0 Å². The predicted molar refractivity (Wildman–Crippen MR) is 68.7 cm³/mol. The van der Waals surface area contributed by atoms with Crippen LogP contribution < -0.4 is 4.72 Å². The zero-order valence-electron chi connectivity index (χ0n) is 9.22. The minimum Gasteiger partial charge on any atom is -0.201 e.